The Hall–Kier alpha value is -1.02. The molecule has 76 valence electrons. The number of hydrogen-bond acceptors (Lipinski definition) is 1. The normalized spacial score (nSPS) is 11.1. The van der Waals surface area contributed by atoms with E-state index in [1.165, 1.54) is 11.1 Å². The predicted molar refractivity (Wildman–Crippen MR) is 64.8 cm³/mol. The molecule has 0 aliphatic carbocycles. The molecule has 0 saturated carbocycles. The molecule has 1 aromatic rings. The molecule has 0 aliphatic rings. The van der Waals surface area contributed by atoms with Gasteiger partial charge in [0.2, 0.25) is 9.04 Å². The summed E-state index contributed by atoms with van der Waals surface area (Å²) in [5.74, 6) is 0. The number of hydrogen-bond donors (Lipinski definition) is 0. The summed E-state index contributed by atoms with van der Waals surface area (Å²) in [6.45, 7) is 6.48. The number of rotatable bonds is 4. The molecule has 0 bridgehead atoms. The molecule has 0 radical (unpaired) electrons. The van der Waals surface area contributed by atoms with E-state index in [1.54, 1.807) is 0 Å². The molecule has 0 fully saturated rings. The lowest BCUT2D eigenvalue weighted by Gasteiger charge is -2.02. The molecule has 0 aromatic heterocycles. The van der Waals surface area contributed by atoms with Gasteiger partial charge in [-0.2, -0.15) is 0 Å². The molecule has 1 nitrogen and oxygen atoms in total. The van der Waals surface area contributed by atoms with Crippen molar-refractivity contribution in [3.63, 3.8) is 0 Å². The maximum atomic E-state index is 5.46. The Kier molecular flexibility index (Phi) is 4.46. The Bertz CT molecular complexity index is 288. The molecule has 0 amide bonds. The fourth-order valence-electron chi connectivity index (χ4n) is 1.14. The van der Waals surface area contributed by atoms with Crippen LogP contribution < -0.4 is 0 Å². The van der Waals surface area contributed by atoms with Crippen LogP contribution in [0.25, 0.3) is 6.08 Å². The monoisotopic (exact) mass is 206 g/mol. The van der Waals surface area contributed by atoms with Gasteiger partial charge >= 0.3 is 0 Å². The van der Waals surface area contributed by atoms with Crippen molar-refractivity contribution in [2.45, 2.75) is 26.4 Å². The van der Waals surface area contributed by atoms with Gasteiger partial charge in [0.05, 0.1) is 6.26 Å². The Morgan fingerprint density at radius 3 is 2.36 bits per heavy atom. The first-order chi connectivity index (χ1) is 6.72. The van der Waals surface area contributed by atoms with Gasteiger partial charge in [0, 0.05) is 0 Å². The zero-order valence-electron chi connectivity index (χ0n) is 9.16. The molecule has 0 N–H and O–H groups in total. The molecule has 0 aliphatic heterocycles. The molecule has 0 heterocycles. The quantitative estimate of drug-likeness (QED) is 0.543. The molecule has 0 saturated heterocycles. The van der Waals surface area contributed by atoms with E-state index >= 15 is 0 Å². The highest BCUT2D eigenvalue weighted by molar-refractivity contribution is 6.48. The maximum absolute atomic E-state index is 5.46. The minimum Gasteiger partial charge on any atom is -0.552 e. The second-order valence-corrected chi connectivity index (χ2v) is 5.95. The molecular weight excluding hydrogens is 188 g/mol. The Morgan fingerprint density at radius 2 is 1.86 bits per heavy atom. The third-order valence-corrected chi connectivity index (χ3v) is 2.70. The minimum absolute atomic E-state index is 0.914. The van der Waals surface area contributed by atoms with Gasteiger partial charge in [0.15, 0.2) is 0 Å². The lowest BCUT2D eigenvalue weighted by atomic mass is 10.1. The maximum Gasteiger partial charge on any atom is 0.228 e. The molecule has 2 heteroatoms. The summed E-state index contributed by atoms with van der Waals surface area (Å²) < 4.78 is 5.46. The van der Waals surface area contributed by atoms with Crippen LogP contribution in [-0.4, -0.2) is 9.04 Å². The van der Waals surface area contributed by atoms with Crippen LogP contribution in [0.1, 0.15) is 18.1 Å². The highest BCUT2D eigenvalue weighted by atomic mass is 28.3. The van der Waals surface area contributed by atoms with E-state index in [1.807, 2.05) is 12.3 Å². The standard InChI is InChI=1S/C12H18OSi/c1-4-11-5-7-12(8-6-11)9-10-13-14(2)3/h5-10,14H,4H2,1-3H3. The van der Waals surface area contributed by atoms with E-state index in [4.69, 9.17) is 4.43 Å². The molecule has 0 unspecified atom stereocenters. The molecule has 0 atom stereocenters. The van der Waals surface area contributed by atoms with Crippen molar-refractivity contribution >= 4 is 15.1 Å². The minimum atomic E-state index is -0.914. The van der Waals surface area contributed by atoms with Crippen LogP contribution in [0.4, 0.5) is 0 Å². The van der Waals surface area contributed by atoms with E-state index in [-0.39, 0.29) is 0 Å². The van der Waals surface area contributed by atoms with Crippen molar-refractivity contribution in [2.24, 2.45) is 0 Å². The summed E-state index contributed by atoms with van der Waals surface area (Å²) in [6, 6.07) is 8.57. The summed E-state index contributed by atoms with van der Waals surface area (Å²) in [7, 11) is -0.914. The van der Waals surface area contributed by atoms with Crippen molar-refractivity contribution in [2.75, 3.05) is 0 Å². The molecular formula is C12H18OSi. The number of aryl methyl sites for hydroxylation is 1. The number of benzene rings is 1. The van der Waals surface area contributed by atoms with Gasteiger partial charge in [-0.3, -0.25) is 0 Å². The van der Waals surface area contributed by atoms with E-state index < -0.39 is 9.04 Å². The Labute approximate surface area is 88.1 Å². The SMILES string of the molecule is CCc1ccc(C=CO[SiH](C)C)cc1. The topological polar surface area (TPSA) is 9.23 Å². The lowest BCUT2D eigenvalue weighted by Crippen LogP contribution is -2.00. The molecule has 0 spiro atoms. The van der Waals surface area contributed by atoms with Gasteiger partial charge < -0.3 is 4.43 Å². The van der Waals surface area contributed by atoms with Gasteiger partial charge in [-0.15, -0.1) is 0 Å². The van der Waals surface area contributed by atoms with Crippen molar-refractivity contribution in [1.29, 1.82) is 0 Å². The average molecular weight is 206 g/mol. The Morgan fingerprint density at radius 1 is 1.21 bits per heavy atom. The van der Waals surface area contributed by atoms with Gasteiger partial charge in [-0.25, -0.2) is 0 Å². The van der Waals surface area contributed by atoms with Gasteiger partial charge in [-0.05, 0) is 36.7 Å². The summed E-state index contributed by atoms with van der Waals surface area (Å²) in [5, 5.41) is 0. The van der Waals surface area contributed by atoms with Crippen LogP contribution in [0.3, 0.4) is 0 Å². The van der Waals surface area contributed by atoms with Crippen LogP contribution in [0, 0.1) is 0 Å². The third-order valence-electron chi connectivity index (χ3n) is 2.00. The highest BCUT2D eigenvalue weighted by Crippen LogP contribution is 2.06. The lowest BCUT2D eigenvalue weighted by molar-refractivity contribution is 0.505. The first-order valence-electron chi connectivity index (χ1n) is 5.13. The van der Waals surface area contributed by atoms with Gasteiger partial charge in [0.25, 0.3) is 0 Å². The van der Waals surface area contributed by atoms with Gasteiger partial charge in [-0.1, -0.05) is 31.2 Å². The largest absolute Gasteiger partial charge is 0.552 e. The van der Waals surface area contributed by atoms with Crippen LogP contribution in [0.5, 0.6) is 0 Å². The fourth-order valence-corrected chi connectivity index (χ4v) is 1.53. The first kappa shape index (κ1) is 11.1. The van der Waals surface area contributed by atoms with E-state index in [9.17, 15) is 0 Å². The summed E-state index contributed by atoms with van der Waals surface area (Å²) in [6.07, 6.45) is 4.93. The van der Waals surface area contributed by atoms with Crippen molar-refractivity contribution < 1.29 is 4.43 Å². The highest BCUT2D eigenvalue weighted by Gasteiger charge is 1.91. The summed E-state index contributed by atoms with van der Waals surface area (Å²) >= 11 is 0. The summed E-state index contributed by atoms with van der Waals surface area (Å²) in [5.41, 5.74) is 2.58. The predicted octanol–water partition coefficient (Wildman–Crippen LogP) is 3.22. The average Bonchev–Trinajstić information content (AvgIpc) is 2.18. The second-order valence-electron chi connectivity index (χ2n) is 3.58. The van der Waals surface area contributed by atoms with Gasteiger partial charge in [0.1, 0.15) is 0 Å². The van der Waals surface area contributed by atoms with Crippen molar-refractivity contribution in [1.82, 2.24) is 0 Å². The zero-order chi connectivity index (χ0) is 10.4. The summed E-state index contributed by atoms with van der Waals surface area (Å²) in [4.78, 5) is 0. The van der Waals surface area contributed by atoms with E-state index in [0.717, 1.165) is 6.42 Å². The smallest absolute Gasteiger partial charge is 0.228 e. The first-order valence-corrected chi connectivity index (χ1v) is 7.91. The third kappa shape index (κ3) is 3.79. The van der Waals surface area contributed by atoms with Crippen LogP contribution in [0.15, 0.2) is 30.5 Å². The van der Waals surface area contributed by atoms with E-state index in [0.29, 0.717) is 0 Å². The second kappa shape index (κ2) is 5.65. The molecule has 1 rings (SSSR count). The van der Waals surface area contributed by atoms with Crippen molar-refractivity contribution in [3.8, 4) is 0 Å². The Balaban J connectivity index is 2.55. The van der Waals surface area contributed by atoms with E-state index in [2.05, 4.69) is 44.3 Å². The molecule has 1 aromatic carbocycles. The zero-order valence-corrected chi connectivity index (χ0v) is 10.3. The van der Waals surface area contributed by atoms with Crippen LogP contribution >= 0.6 is 0 Å². The van der Waals surface area contributed by atoms with Crippen LogP contribution in [-0.2, 0) is 10.8 Å². The fraction of sp³-hybridized carbons (Fsp3) is 0.333. The van der Waals surface area contributed by atoms with Crippen molar-refractivity contribution in [3.05, 3.63) is 41.7 Å². The molecule has 14 heavy (non-hydrogen) atoms. The van der Waals surface area contributed by atoms with Crippen LogP contribution in [0.2, 0.25) is 13.1 Å².